The molecule has 4 rings (SSSR count). The van der Waals surface area contributed by atoms with Crippen LogP contribution in [0.1, 0.15) is 35.5 Å². The van der Waals surface area contributed by atoms with Gasteiger partial charge in [0.2, 0.25) is 5.91 Å². The summed E-state index contributed by atoms with van der Waals surface area (Å²) in [7, 11) is 1.63. The number of nitrogens with zero attached hydrogens (tertiary/aromatic N) is 2. The summed E-state index contributed by atoms with van der Waals surface area (Å²) >= 11 is 0. The van der Waals surface area contributed by atoms with Gasteiger partial charge >= 0.3 is 0 Å². The Morgan fingerprint density at radius 3 is 2.76 bits per heavy atom. The molecular formula is C19H21N3O3. The third kappa shape index (κ3) is 3.29. The van der Waals surface area contributed by atoms with E-state index in [1.807, 2.05) is 24.3 Å². The van der Waals surface area contributed by atoms with Crippen LogP contribution >= 0.6 is 0 Å². The summed E-state index contributed by atoms with van der Waals surface area (Å²) in [6.45, 7) is 1.04. The van der Waals surface area contributed by atoms with Crippen LogP contribution in [0.25, 0.3) is 0 Å². The summed E-state index contributed by atoms with van der Waals surface area (Å²) in [6.07, 6.45) is 3.18. The van der Waals surface area contributed by atoms with Crippen molar-refractivity contribution in [3.05, 3.63) is 57.3 Å². The van der Waals surface area contributed by atoms with Crippen LogP contribution in [0.2, 0.25) is 0 Å². The molecule has 1 aliphatic heterocycles. The Hall–Kier alpha value is -2.63. The predicted molar refractivity (Wildman–Crippen MR) is 92.5 cm³/mol. The van der Waals surface area contributed by atoms with Gasteiger partial charge in [0.1, 0.15) is 11.6 Å². The van der Waals surface area contributed by atoms with Crippen LogP contribution in [0.3, 0.4) is 0 Å². The first kappa shape index (κ1) is 15.9. The number of fused-ring (bicyclic) bond motifs is 1. The predicted octanol–water partition coefficient (Wildman–Crippen LogP) is 1.66. The minimum absolute atomic E-state index is 0.123. The number of aromatic nitrogens is 2. The molecule has 1 aromatic heterocycles. The molecule has 1 saturated carbocycles. The second-order valence-electron chi connectivity index (χ2n) is 6.75. The van der Waals surface area contributed by atoms with Crippen LogP contribution in [0.4, 0.5) is 0 Å². The van der Waals surface area contributed by atoms with Crippen LogP contribution in [0.5, 0.6) is 5.75 Å². The highest BCUT2D eigenvalue weighted by molar-refractivity contribution is 5.81. The molecule has 6 nitrogen and oxygen atoms in total. The van der Waals surface area contributed by atoms with E-state index >= 15 is 0 Å². The first-order valence-electron chi connectivity index (χ1n) is 8.66. The summed E-state index contributed by atoms with van der Waals surface area (Å²) in [5.41, 5.74) is 2.40. The molecule has 0 radical (unpaired) electrons. The average Bonchev–Trinajstić information content (AvgIpc) is 3.47. The van der Waals surface area contributed by atoms with Crippen molar-refractivity contribution >= 4 is 5.91 Å². The number of aromatic amines is 1. The van der Waals surface area contributed by atoms with Gasteiger partial charge in [-0.1, -0.05) is 12.1 Å². The average molecular weight is 339 g/mol. The molecule has 1 fully saturated rings. The second kappa shape index (κ2) is 6.35. The van der Waals surface area contributed by atoms with E-state index in [0.717, 1.165) is 29.8 Å². The van der Waals surface area contributed by atoms with E-state index in [-0.39, 0.29) is 17.4 Å². The van der Waals surface area contributed by atoms with Crippen LogP contribution < -0.4 is 10.3 Å². The maximum Gasteiger partial charge on any atom is 0.256 e. The van der Waals surface area contributed by atoms with E-state index in [1.165, 1.54) is 0 Å². The SMILES string of the molecule is COc1ccc(Cc2nc3c(c(=O)[nH]2)CN(C(=O)C2CC2)CC3)cc1. The van der Waals surface area contributed by atoms with Gasteiger partial charge in [0.05, 0.1) is 24.9 Å². The molecule has 0 saturated heterocycles. The summed E-state index contributed by atoms with van der Waals surface area (Å²) < 4.78 is 5.16. The molecule has 1 aliphatic carbocycles. The number of amides is 1. The van der Waals surface area contributed by atoms with Crippen LogP contribution in [0, 0.1) is 5.92 Å². The molecule has 0 atom stereocenters. The van der Waals surface area contributed by atoms with Crippen molar-refractivity contribution in [2.24, 2.45) is 5.92 Å². The van der Waals surface area contributed by atoms with Gasteiger partial charge in [-0.3, -0.25) is 9.59 Å². The molecule has 0 bridgehead atoms. The van der Waals surface area contributed by atoms with Gasteiger partial charge in [0, 0.05) is 25.3 Å². The van der Waals surface area contributed by atoms with E-state index in [2.05, 4.69) is 9.97 Å². The van der Waals surface area contributed by atoms with Crippen LogP contribution in [-0.2, 0) is 24.2 Å². The minimum atomic E-state index is -0.123. The van der Waals surface area contributed by atoms with Crippen molar-refractivity contribution < 1.29 is 9.53 Å². The molecule has 1 aromatic carbocycles. The molecule has 2 heterocycles. The van der Waals surface area contributed by atoms with Crippen molar-refractivity contribution in [1.82, 2.24) is 14.9 Å². The zero-order valence-corrected chi connectivity index (χ0v) is 14.2. The molecule has 130 valence electrons. The number of H-pyrrole nitrogens is 1. The lowest BCUT2D eigenvalue weighted by molar-refractivity contribution is -0.133. The Balaban J connectivity index is 1.53. The lowest BCUT2D eigenvalue weighted by atomic mass is 10.1. The number of carbonyl (C=O) groups excluding carboxylic acids is 1. The maximum atomic E-state index is 12.5. The monoisotopic (exact) mass is 339 g/mol. The lowest BCUT2D eigenvalue weighted by Gasteiger charge is -2.28. The standard InChI is InChI=1S/C19H21N3O3/c1-25-14-6-2-12(3-7-14)10-17-20-16-8-9-22(19(24)13-4-5-13)11-15(16)18(23)21-17/h2-3,6-7,13H,4-5,8-11H2,1H3,(H,20,21,23). The topological polar surface area (TPSA) is 75.3 Å². The van der Waals surface area contributed by atoms with Gasteiger partial charge in [0.25, 0.3) is 5.56 Å². The van der Waals surface area contributed by atoms with Gasteiger partial charge < -0.3 is 14.6 Å². The van der Waals surface area contributed by atoms with E-state index in [1.54, 1.807) is 12.0 Å². The van der Waals surface area contributed by atoms with Gasteiger partial charge in [0.15, 0.2) is 0 Å². The fourth-order valence-electron chi connectivity index (χ4n) is 3.27. The van der Waals surface area contributed by atoms with Crippen LogP contribution in [0.15, 0.2) is 29.1 Å². The number of nitrogens with one attached hydrogen (secondary N) is 1. The van der Waals surface area contributed by atoms with E-state index in [4.69, 9.17) is 4.74 Å². The highest BCUT2D eigenvalue weighted by atomic mass is 16.5. The lowest BCUT2D eigenvalue weighted by Crippen LogP contribution is -2.40. The Morgan fingerprint density at radius 2 is 2.08 bits per heavy atom. The Kier molecular flexibility index (Phi) is 4.03. The molecule has 1 N–H and O–H groups in total. The van der Waals surface area contributed by atoms with Crippen molar-refractivity contribution in [1.29, 1.82) is 0 Å². The molecule has 0 spiro atoms. The maximum absolute atomic E-state index is 12.5. The van der Waals surface area contributed by atoms with Crippen molar-refractivity contribution in [3.63, 3.8) is 0 Å². The Morgan fingerprint density at radius 1 is 1.32 bits per heavy atom. The third-order valence-electron chi connectivity index (χ3n) is 4.89. The quantitative estimate of drug-likeness (QED) is 0.919. The van der Waals surface area contributed by atoms with Gasteiger partial charge in [-0.25, -0.2) is 4.98 Å². The smallest absolute Gasteiger partial charge is 0.256 e. The largest absolute Gasteiger partial charge is 0.497 e. The number of ether oxygens (including phenoxy) is 1. The first-order chi connectivity index (χ1) is 12.1. The highest BCUT2D eigenvalue weighted by Gasteiger charge is 2.35. The summed E-state index contributed by atoms with van der Waals surface area (Å²) in [5.74, 6) is 1.84. The second-order valence-corrected chi connectivity index (χ2v) is 6.75. The zero-order valence-electron chi connectivity index (χ0n) is 14.2. The molecule has 6 heteroatoms. The fourth-order valence-corrected chi connectivity index (χ4v) is 3.27. The zero-order chi connectivity index (χ0) is 17.4. The number of hydrogen-bond donors (Lipinski definition) is 1. The molecule has 25 heavy (non-hydrogen) atoms. The molecular weight excluding hydrogens is 318 g/mol. The van der Waals surface area contributed by atoms with Gasteiger partial charge in [-0.2, -0.15) is 0 Å². The third-order valence-corrected chi connectivity index (χ3v) is 4.89. The van der Waals surface area contributed by atoms with Gasteiger partial charge in [-0.05, 0) is 30.5 Å². The number of hydrogen-bond acceptors (Lipinski definition) is 4. The van der Waals surface area contributed by atoms with Gasteiger partial charge in [-0.15, -0.1) is 0 Å². The molecule has 0 unspecified atom stereocenters. The number of methoxy groups -OCH3 is 1. The fraction of sp³-hybridized carbons (Fsp3) is 0.421. The molecule has 1 amide bonds. The molecule has 2 aromatic rings. The highest BCUT2D eigenvalue weighted by Crippen LogP contribution is 2.32. The van der Waals surface area contributed by atoms with Crippen LogP contribution in [-0.4, -0.2) is 34.4 Å². The summed E-state index contributed by atoms with van der Waals surface area (Å²) in [6, 6.07) is 7.73. The normalized spacial score (nSPS) is 16.4. The number of carbonyl (C=O) groups is 1. The van der Waals surface area contributed by atoms with E-state index in [9.17, 15) is 9.59 Å². The number of rotatable bonds is 4. The van der Waals surface area contributed by atoms with Crippen molar-refractivity contribution in [2.45, 2.75) is 32.2 Å². The Bertz CT molecular complexity index is 853. The summed E-state index contributed by atoms with van der Waals surface area (Å²) in [5, 5.41) is 0. The number of benzene rings is 1. The van der Waals surface area contributed by atoms with E-state index < -0.39 is 0 Å². The Labute approximate surface area is 145 Å². The van der Waals surface area contributed by atoms with Crippen molar-refractivity contribution in [2.75, 3.05) is 13.7 Å². The van der Waals surface area contributed by atoms with Crippen molar-refractivity contribution in [3.8, 4) is 5.75 Å². The van der Waals surface area contributed by atoms with E-state index in [0.29, 0.717) is 37.3 Å². The first-order valence-corrected chi connectivity index (χ1v) is 8.66. The minimum Gasteiger partial charge on any atom is -0.497 e. The summed E-state index contributed by atoms with van der Waals surface area (Å²) in [4.78, 5) is 34.0. The molecule has 2 aliphatic rings.